The van der Waals surface area contributed by atoms with Gasteiger partial charge in [-0.3, -0.25) is 9.59 Å². The molecule has 506 valence electrons. The van der Waals surface area contributed by atoms with E-state index in [1.165, 1.54) is 283 Å². The van der Waals surface area contributed by atoms with Gasteiger partial charge in [0.2, 0.25) is 5.91 Å². The Morgan fingerprint density at radius 3 is 1.17 bits per heavy atom. The van der Waals surface area contributed by atoms with Gasteiger partial charge < -0.3 is 45.1 Å². The minimum absolute atomic E-state index is 0.0120. The molecule has 0 aromatic rings. The van der Waals surface area contributed by atoms with Gasteiger partial charge in [-0.25, -0.2) is 0 Å². The monoisotopic (exact) mass is 1220 g/mol. The highest BCUT2D eigenvalue weighted by molar-refractivity contribution is 5.76. The molecule has 1 saturated heterocycles. The molecule has 1 fully saturated rings. The van der Waals surface area contributed by atoms with E-state index < -0.39 is 49.5 Å². The summed E-state index contributed by atoms with van der Waals surface area (Å²) in [6.07, 6.45) is 73.1. The van der Waals surface area contributed by atoms with Gasteiger partial charge in [0.05, 0.1) is 32.0 Å². The van der Waals surface area contributed by atoms with Crippen LogP contribution in [0.2, 0.25) is 0 Å². The van der Waals surface area contributed by atoms with Gasteiger partial charge in [-0.15, -0.1) is 0 Å². The van der Waals surface area contributed by atoms with Crippen LogP contribution in [0.5, 0.6) is 0 Å². The van der Waals surface area contributed by atoms with Crippen LogP contribution in [0.25, 0.3) is 0 Å². The van der Waals surface area contributed by atoms with Crippen molar-refractivity contribution in [2.24, 2.45) is 0 Å². The van der Waals surface area contributed by atoms with Crippen molar-refractivity contribution in [2.75, 3.05) is 19.8 Å². The fraction of sp³-hybridized carbons (Fsp3) is 0.893. The smallest absolute Gasteiger partial charge is 0.305 e. The number of esters is 1. The van der Waals surface area contributed by atoms with Gasteiger partial charge in [0.1, 0.15) is 24.4 Å². The first-order valence-corrected chi connectivity index (χ1v) is 37.3. The number of hydrogen-bond donors (Lipinski definition) is 6. The maximum Gasteiger partial charge on any atom is 0.305 e. The fourth-order valence-electron chi connectivity index (χ4n) is 11.9. The Bertz CT molecular complexity index is 1520. The van der Waals surface area contributed by atoms with E-state index in [9.17, 15) is 35.1 Å². The summed E-state index contributed by atoms with van der Waals surface area (Å²) in [5, 5.41) is 54.4. The maximum absolute atomic E-state index is 13.0. The van der Waals surface area contributed by atoms with E-state index >= 15 is 0 Å². The van der Waals surface area contributed by atoms with Crippen molar-refractivity contribution >= 4 is 11.9 Å². The molecule has 0 aromatic heterocycles. The van der Waals surface area contributed by atoms with E-state index in [1.54, 1.807) is 6.08 Å². The number of carbonyl (C=O) groups excluding carboxylic acids is 2. The Kier molecular flexibility index (Phi) is 61.3. The van der Waals surface area contributed by atoms with E-state index in [0.717, 1.165) is 57.8 Å². The minimum Gasteiger partial charge on any atom is -0.466 e. The van der Waals surface area contributed by atoms with E-state index in [4.69, 9.17) is 14.2 Å². The van der Waals surface area contributed by atoms with Crippen LogP contribution in [0, 0.1) is 0 Å². The number of allylic oxidation sites excluding steroid dienone is 5. The molecule has 0 radical (unpaired) electrons. The Labute approximate surface area is 530 Å². The molecule has 86 heavy (non-hydrogen) atoms. The first-order valence-electron chi connectivity index (χ1n) is 37.3. The van der Waals surface area contributed by atoms with Gasteiger partial charge in [-0.1, -0.05) is 326 Å². The third-order valence-electron chi connectivity index (χ3n) is 17.7. The lowest BCUT2D eigenvalue weighted by molar-refractivity contribution is -0.302. The molecule has 0 spiro atoms. The zero-order chi connectivity index (χ0) is 62.3. The molecule has 6 N–H and O–H groups in total. The third-order valence-corrected chi connectivity index (χ3v) is 17.7. The molecule has 1 rings (SSSR count). The number of unbranched alkanes of at least 4 members (excludes halogenated alkanes) is 48. The number of ether oxygens (including phenoxy) is 3. The molecule has 1 aliphatic heterocycles. The molecule has 0 saturated carbocycles. The van der Waals surface area contributed by atoms with Crippen LogP contribution in [0.4, 0.5) is 0 Å². The summed E-state index contributed by atoms with van der Waals surface area (Å²) < 4.78 is 16.7. The lowest BCUT2D eigenvalue weighted by Crippen LogP contribution is -2.60. The van der Waals surface area contributed by atoms with Crippen molar-refractivity contribution < 1.29 is 49.3 Å². The quantitative estimate of drug-likeness (QED) is 0.0195. The number of carbonyl (C=O) groups is 2. The molecule has 11 heteroatoms. The SMILES string of the molecule is CCCCCCCCCC/C=C/C(O)C(COC1OC(CO)C(O)C(O)C1O)NC(=O)CCCCCCCCCCCCCCCCCCC/C=C\C/C=C\CCCCCCCCCCCCCOC(=O)CCCCCCCCCCCCCCC. The number of aliphatic hydroxyl groups excluding tert-OH is 5. The predicted octanol–water partition coefficient (Wildman–Crippen LogP) is 19.4. The summed E-state index contributed by atoms with van der Waals surface area (Å²) in [4.78, 5) is 25.1. The van der Waals surface area contributed by atoms with Gasteiger partial charge in [-0.2, -0.15) is 0 Å². The van der Waals surface area contributed by atoms with Crippen molar-refractivity contribution in [2.45, 2.75) is 410 Å². The molecule has 11 nitrogen and oxygen atoms in total. The van der Waals surface area contributed by atoms with Gasteiger partial charge in [0.15, 0.2) is 6.29 Å². The van der Waals surface area contributed by atoms with Crippen LogP contribution in [-0.4, -0.2) is 100 Å². The van der Waals surface area contributed by atoms with Crippen LogP contribution >= 0.6 is 0 Å². The second kappa shape index (κ2) is 64.4. The Hall–Kier alpha value is -2.12. The summed E-state index contributed by atoms with van der Waals surface area (Å²) in [5.74, 6) is -0.167. The topological polar surface area (TPSA) is 175 Å². The van der Waals surface area contributed by atoms with Crippen LogP contribution < -0.4 is 5.32 Å². The lowest BCUT2D eigenvalue weighted by Gasteiger charge is -2.40. The van der Waals surface area contributed by atoms with Crippen molar-refractivity contribution in [3.8, 4) is 0 Å². The van der Waals surface area contributed by atoms with Crippen molar-refractivity contribution in [3.63, 3.8) is 0 Å². The highest BCUT2D eigenvalue weighted by atomic mass is 16.7. The van der Waals surface area contributed by atoms with Crippen molar-refractivity contribution in [3.05, 3.63) is 36.5 Å². The summed E-state index contributed by atoms with van der Waals surface area (Å²) in [7, 11) is 0. The molecule has 0 aliphatic carbocycles. The number of nitrogens with one attached hydrogen (secondary N) is 1. The maximum atomic E-state index is 13.0. The number of hydrogen-bond acceptors (Lipinski definition) is 10. The molecule has 7 atom stereocenters. The standard InChI is InChI=1S/C75H141NO10/c1-3-5-7-9-11-13-15-39-43-47-51-55-59-63-71(80)84-64-60-56-52-48-44-41-38-36-34-32-30-28-26-24-22-20-18-16-17-19-21-23-25-27-29-31-33-35-37-40-42-46-50-54-58-62-70(79)76-67(66-85-75-74(83)73(82)72(81)69(65-77)86-75)68(78)61-57-53-49-45-14-12-10-8-6-4-2/h18,20,24,26,57,61,67-69,72-75,77-78,81-83H,3-17,19,21-23,25,27-56,58-60,62-66H2,1-2H3,(H,76,79)/b20-18-,26-24-,61-57+. The molecule has 1 amide bonds. The normalized spacial score (nSPS) is 18.1. The fourth-order valence-corrected chi connectivity index (χ4v) is 11.9. The molecular weight excluding hydrogens is 1070 g/mol. The summed E-state index contributed by atoms with van der Waals surface area (Å²) in [5.41, 5.74) is 0. The van der Waals surface area contributed by atoms with Crippen LogP contribution in [0.15, 0.2) is 36.5 Å². The average Bonchev–Trinajstić information content (AvgIpc) is 2.53. The zero-order valence-corrected chi connectivity index (χ0v) is 56.3. The number of rotatable bonds is 66. The highest BCUT2D eigenvalue weighted by Gasteiger charge is 2.44. The highest BCUT2D eigenvalue weighted by Crippen LogP contribution is 2.23. The summed E-state index contributed by atoms with van der Waals surface area (Å²) in [6.45, 7) is 4.36. The lowest BCUT2D eigenvalue weighted by atomic mass is 9.99. The van der Waals surface area contributed by atoms with Crippen molar-refractivity contribution in [1.29, 1.82) is 0 Å². The Morgan fingerprint density at radius 2 is 0.779 bits per heavy atom. The minimum atomic E-state index is -1.57. The van der Waals surface area contributed by atoms with Crippen LogP contribution in [0.1, 0.15) is 367 Å². The first-order chi connectivity index (χ1) is 42.2. The van der Waals surface area contributed by atoms with E-state index in [2.05, 4.69) is 43.5 Å². The van der Waals surface area contributed by atoms with Gasteiger partial charge in [-0.05, 0) is 64.2 Å². The van der Waals surface area contributed by atoms with Crippen LogP contribution in [-0.2, 0) is 23.8 Å². The van der Waals surface area contributed by atoms with Crippen LogP contribution in [0.3, 0.4) is 0 Å². The molecule has 7 unspecified atom stereocenters. The number of aliphatic hydroxyl groups is 5. The predicted molar refractivity (Wildman–Crippen MR) is 361 cm³/mol. The zero-order valence-electron chi connectivity index (χ0n) is 56.3. The largest absolute Gasteiger partial charge is 0.466 e. The third kappa shape index (κ3) is 52.6. The number of amides is 1. The molecule has 1 heterocycles. The Morgan fingerprint density at radius 1 is 0.430 bits per heavy atom. The summed E-state index contributed by atoms with van der Waals surface area (Å²) in [6, 6.07) is -0.807. The van der Waals surface area contributed by atoms with Gasteiger partial charge >= 0.3 is 5.97 Å². The average molecular weight is 1220 g/mol. The van der Waals surface area contributed by atoms with Gasteiger partial charge in [0.25, 0.3) is 0 Å². The molecule has 1 aliphatic rings. The molecular formula is C75H141NO10. The second-order valence-corrected chi connectivity index (χ2v) is 26.0. The van der Waals surface area contributed by atoms with E-state index in [0.29, 0.717) is 19.4 Å². The molecule has 0 aromatic carbocycles. The Balaban J connectivity index is 1.91. The molecule has 0 bridgehead atoms. The van der Waals surface area contributed by atoms with Crippen molar-refractivity contribution in [1.82, 2.24) is 5.32 Å². The first kappa shape index (κ1) is 81.9. The van der Waals surface area contributed by atoms with E-state index in [1.807, 2.05) is 6.08 Å². The van der Waals surface area contributed by atoms with Gasteiger partial charge in [0, 0.05) is 12.8 Å². The van der Waals surface area contributed by atoms with E-state index in [-0.39, 0.29) is 18.5 Å². The second-order valence-electron chi connectivity index (χ2n) is 26.0. The summed E-state index contributed by atoms with van der Waals surface area (Å²) >= 11 is 0.